The van der Waals surface area contributed by atoms with Crippen LogP contribution in [0.4, 0.5) is 0 Å². The van der Waals surface area contributed by atoms with Gasteiger partial charge in [-0.2, -0.15) is 0 Å². The lowest BCUT2D eigenvalue weighted by molar-refractivity contribution is 0.0940. The molecule has 0 unspecified atom stereocenters. The van der Waals surface area contributed by atoms with E-state index in [4.69, 9.17) is 23.2 Å². The molecule has 2 aromatic rings. The van der Waals surface area contributed by atoms with Gasteiger partial charge < -0.3 is 5.32 Å². The van der Waals surface area contributed by atoms with E-state index in [-0.39, 0.29) is 11.9 Å². The van der Waals surface area contributed by atoms with Crippen LogP contribution in [0.2, 0.25) is 10.0 Å². The van der Waals surface area contributed by atoms with Crippen molar-refractivity contribution in [2.75, 3.05) is 0 Å². The van der Waals surface area contributed by atoms with E-state index in [9.17, 15) is 4.79 Å². The van der Waals surface area contributed by atoms with Gasteiger partial charge in [0.1, 0.15) is 0 Å². The first-order valence-corrected chi connectivity index (χ1v) is 6.64. The van der Waals surface area contributed by atoms with E-state index in [2.05, 4.69) is 5.32 Å². The molecular formula is C15H13Cl2NO. The average Bonchev–Trinajstić information content (AvgIpc) is 2.42. The number of hydrogen-bond donors (Lipinski definition) is 1. The fraction of sp³-hybridized carbons (Fsp3) is 0.133. The summed E-state index contributed by atoms with van der Waals surface area (Å²) >= 11 is 11.7. The molecule has 0 radical (unpaired) electrons. The smallest absolute Gasteiger partial charge is 0.251 e. The molecule has 4 heteroatoms. The molecule has 2 rings (SSSR count). The maximum atomic E-state index is 12.1. The molecule has 1 N–H and O–H groups in total. The third-order valence-electron chi connectivity index (χ3n) is 2.83. The molecule has 0 fully saturated rings. The van der Waals surface area contributed by atoms with Crippen LogP contribution in [0.3, 0.4) is 0 Å². The highest BCUT2D eigenvalue weighted by molar-refractivity contribution is 6.42. The Morgan fingerprint density at radius 3 is 2.37 bits per heavy atom. The molecule has 0 saturated carbocycles. The van der Waals surface area contributed by atoms with E-state index in [0.717, 1.165) is 5.56 Å². The van der Waals surface area contributed by atoms with Crippen LogP contribution in [-0.2, 0) is 0 Å². The van der Waals surface area contributed by atoms with Crippen molar-refractivity contribution in [1.82, 2.24) is 5.32 Å². The predicted octanol–water partition coefficient (Wildman–Crippen LogP) is 4.48. The highest BCUT2D eigenvalue weighted by Gasteiger charge is 2.12. The summed E-state index contributed by atoms with van der Waals surface area (Å²) in [7, 11) is 0. The fourth-order valence-corrected chi connectivity index (χ4v) is 2.04. The van der Waals surface area contributed by atoms with Crippen LogP contribution < -0.4 is 5.32 Å². The first-order valence-electron chi connectivity index (χ1n) is 5.89. The Hall–Kier alpha value is -1.51. The molecule has 2 aromatic carbocycles. The number of carbonyl (C=O) groups is 1. The van der Waals surface area contributed by atoms with Crippen LogP contribution in [0.5, 0.6) is 0 Å². The summed E-state index contributed by atoms with van der Waals surface area (Å²) in [5.74, 6) is -0.171. The summed E-state index contributed by atoms with van der Waals surface area (Å²) in [6.45, 7) is 1.94. The topological polar surface area (TPSA) is 29.1 Å². The molecular weight excluding hydrogens is 281 g/mol. The summed E-state index contributed by atoms with van der Waals surface area (Å²) in [5, 5.41) is 3.73. The molecule has 0 aliphatic heterocycles. The SMILES string of the molecule is C[C@@H](NC(=O)c1ccc(Cl)c(Cl)c1)c1ccccc1. The van der Waals surface area contributed by atoms with Gasteiger partial charge in [-0.25, -0.2) is 0 Å². The number of benzene rings is 2. The van der Waals surface area contributed by atoms with Gasteiger partial charge in [0.05, 0.1) is 16.1 Å². The Morgan fingerprint density at radius 2 is 1.74 bits per heavy atom. The summed E-state index contributed by atoms with van der Waals surface area (Å²) in [6.07, 6.45) is 0. The monoisotopic (exact) mass is 293 g/mol. The van der Waals surface area contributed by atoms with E-state index >= 15 is 0 Å². The number of rotatable bonds is 3. The summed E-state index contributed by atoms with van der Waals surface area (Å²) in [4.78, 5) is 12.1. The Morgan fingerprint density at radius 1 is 1.05 bits per heavy atom. The van der Waals surface area contributed by atoms with Crippen molar-refractivity contribution in [2.45, 2.75) is 13.0 Å². The molecule has 0 aliphatic rings. The number of carbonyl (C=O) groups excluding carboxylic acids is 1. The fourth-order valence-electron chi connectivity index (χ4n) is 1.74. The zero-order valence-corrected chi connectivity index (χ0v) is 11.9. The minimum atomic E-state index is -0.171. The van der Waals surface area contributed by atoms with Crippen LogP contribution >= 0.6 is 23.2 Å². The van der Waals surface area contributed by atoms with Gasteiger partial charge in [0.2, 0.25) is 0 Å². The first kappa shape index (κ1) is 13.9. The van der Waals surface area contributed by atoms with Crippen LogP contribution in [0.15, 0.2) is 48.5 Å². The van der Waals surface area contributed by atoms with Gasteiger partial charge in [-0.3, -0.25) is 4.79 Å². The lowest BCUT2D eigenvalue weighted by Crippen LogP contribution is -2.26. The summed E-state index contributed by atoms with van der Waals surface area (Å²) in [5.41, 5.74) is 1.55. The van der Waals surface area contributed by atoms with Crippen LogP contribution in [0, 0.1) is 0 Å². The second-order valence-corrected chi connectivity index (χ2v) is 5.05. The van der Waals surface area contributed by atoms with Crippen molar-refractivity contribution >= 4 is 29.1 Å². The molecule has 0 spiro atoms. The molecule has 2 nitrogen and oxygen atoms in total. The van der Waals surface area contributed by atoms with E-state index in [0.29, 0.717) is 15.6 Å². The second-order valence-electron chi connectivity index (χ2n) is 4.23. The standard InChI is InChI=1S/C15H13Cl2NO/c1-10(11-5-3-2-4-6-11)18-15(19)12-7-8-13(16)14(17)9-12/h2-10H,1H3,(H,18,19)/t10-/m1/s1. The van der Waals surface area contributed by atoms with Gasteiger partial charge >= 0.3 is 0 Å². The van der Waals surface area contributed by atoms with E-state index in [1.807, 2.05) is 37.3 Å². The highest BCUT2D eigenvalue weighted by atomic mass is 35.5. The average molecular weight is 294 g/mol. The third-order valence-corrected chi connectivity index (χ3v) is 3.57. The van der Waals surface area contributed by atoms with Crippen molar-refractivity contribution < 1.29 is 4.79 Å². The largest absolute Gasteiger partial charge is 0.346 e. The Bertz CT molecular complexity index is 584. The van der Waals surface area contributed by atoms with Crippen LogP contribution in [-0.4, -0.2) is 5.91 Å². The summed E-state index contributed by atoms with van der Waals surface area (Å²) in [6, 6.07) is 14.5. The molecule has 1 amide bonds. The molecule has 0 aliphatic carbocycles. The van der Waals surface area contributed by atoms with Gasteiger partial charge in [-0.05, 0) is 30.7 Å². The van der Waals surface area contributed by atoms with Crippen LogP contribution in [0.1, 0.15) is 28.9 Å². The van der Waals surface area contributed by atoms with Crippen molar-refractivity contribution in [3.05, 3.63) is 69.7 Å². The maximum absolute atomic E-state index is 12.1. The number of nitrogens with one attached hydrogen (secondary N) is 1. The van der Waals surface area contributed by atoms with E-state index in [1.165, 1.54) is 0 Å². The van der Waals surface area contributed by atoms with Gasteiger partial charge in [-0.15, -0.1) is 0 Å². The van der Waals surface area contributed by atoms with Crippen molar-refractivity contribution in [3.63, 3.8) is 0 Å². The maximum Gasteiger partial charge on any atom is 0.251 e. The third kappa shape index (κ3) is 3.49. The Kier molecular flexibility index (Phi) is 4.46. The molecule has 98 valence electrons. The van der Waals surface area contributed by atoms with Gasteiger partial charge in [0, 0.05) is 5.56 Å². The number of halogens is 2. The zero-order valence-electron chi connectivity index (χ0n) is 10.4. The second kappa shape index (κ2) is 6.09. The first-order chi connectivity index (χ1) is 9.08. The lowest BCUT2D eigenvalue weighted by Gasteiger charge is -2.14. The minimum Gasteiger partial charge on any atom is -0.346 e. The van der Waals surface area contributed by atoms with Gasteiger partial charge in [-0.1, -0.05) is 53.5 Å². The molecule has 0 heterocycles. The highest BCUT2D eigenvalue weighted by Crippen LogP contribution is 2.23. The van der Waals surface area contributed by atoms with Gasteiger partial charge in [0.15, 0.2) is 0 Å². The molecule has 1 atom stereocenters. The van der Waals surface area contributed by atoms with Crippen molar-refractivity contribution in [2.24, 2.45) is 0 Å². The van der Waals surface area contributed by atoms with Crippen LogP contribution in [0.25, 0.3) is 0 Å². The number of amides is 1. The molecule has 0 saturated heterocycles. The lowest BCUT2D eigenvalue weighted by atomic mass is 10.1. The Balaban J connectivity index is 2.11. The molecule has 0 aromatic heterocycles. The molecule has 19 heavy (non-hydrogen) atoms. The van der Waals surface area contributed by atoms with E-state index in [1.54, 1.807) is 18.2 Å². The van der Waals surface area contributed by atoms with Crippen molar-refractivity contribution in [1.29, 1.82) is 0 Å². The van der Waals surface area contributed by atoms with E-state index < -0.39 is 0 Å². The summed E-state index contributed by atoms with van der Waals surface area (Å²) < 4.78 is 0. The van der Waals surface area contributed by atoms with Crippen molar-refractivity contribution in [3.8, 4) is 0 Å². The zero-order chi connectivity index (χ0) is 13.8. The minimum absolute atomic E-state index is 0.0665. The number of hydrogen-bond acceptors (Lipinski definition) is 1. The molecule has 0 bridgehead atoms. The normalized spacial score (nSPS) is 11.9. The quantitative estimate of drug-likeness (QED) is 0.888. The predicted molar refractivity (Wildman–Crippen MR) is 78.8 cm³/mol. The van der Waals surface area contributed by atoms with Gasteiger partial charge in [0.25, 0.3) is 5.91 Å². The Labute approximate surface area is 122 Å².